The summed E-state index contributed by atoms with van der Waals surface area (Å²) in [6.45, 7) is 2.25. The molecule has 1 aromatic heterocycles. The van der Waals surface area contributed by atoms with E-state index in [9.17, 15) is 8.42 Å². The Labute approximate surface area is 133 Å². The predicted molar refractivity (Wildman–Crippen MR) is 83.0 cm³/mol. The van der Waals surface area contributed by atoms with Crippen LogP contribution >= 0.6 is 22.9 Å². The minimum atomic E-state index is -3.62. The number of thiazole rings is 1. The first kappa shape index (κ1) is 16.4. The van der Waals surface area contributed by atoms with Gasteiger partial charge in [-0.2, -0.15) is 0 Å². The van der Waals surface area contributed by atoms with E-state index in [1.807, 2.05) is 24.3 Å². The molecule has 0 bridgehead atoms. The maximum Gasteiger partial charge on any atom is 0.252 e. The van der Waals surface area contributed by atoms with Gasteiger partial charge in [0.15, 0.2) is 8.68 Å². The Morgan fingerprint density at radius 3 is 2.57 bits per heavy atom. The van der Waals surface area contributed by atoms with Crippen molar-refractivity contribution in [2.75, 3.05) is 7.11 Å². The molecule has 0 fully saturated rings. The summed E-state index contributed by atoms with van der Waals surface area (Å²) in [6.07, 6.45) is 0. The smallest absolute Gasteiger partial charge is 0.252 e. The van der Waals surface area contributed by atoms with Gasteiger partial charge in [0.05, 0.1) is 12.3 Å². The van der Waals surface area contributed by atoms with Gasteiger partial charge in [-0.3, -0.25) is 0 Å². The van der Waals surface area contributed by atoms with Gasteiger partial charge in [0.1, 0.15) is 0 Å². The van der Waals surface area contributed by atoms with Crippen molar-refractivity contribution in [1.29, 1.82) is 0 Å². The number of nitrogens with one attached hydrogen (secondary N) is 1. The monoisotopic (exact) mass is 346 g/mol. The van der Waals surface area contributed by atoms with Crippen molar-refractivity contribution in [2.45, 2.75) is 24.3 Å². The van der Waals surface area contributed by atoms with Crippen LogP contribution in [0.4, 0.5) is 0 Å². The van der Waals surface area contributed by atoms with E-state index in [1.54, 1.807) is 14.0 Å². The average molecular weight is 347 g/mol. The molecule has 0 spiro atoms. The van der Waals surface area contributed by atoms with E-state index in [1.165, 1.54) is 0 Å². The number of aryl methyl sites for hydroxylation is 1. The first-order valence-corrected chi connectivity index (χ1v) is 8.80. The number of hydrogen-bond donors (Lipinski definition) is 1. The fraction of sp³-hybridized carbons (Fsp3) is 0.308. The Balaban J connectivity index is 2.18. The van der Waals surface area contributed by atoms with Gasteiger partial charge in [-0.05, 0) is 18.1 Å². The second-order valence-corrected chi connectivity index (χ2v) is 7.91. The zero-order valence-electron chi connectivity index (χ0n) is 11.6. The van der Waals surface area contributed by atoms with Crippen LogP contribution in [0.3, 0.4) is 0 Å². The molecular formula is C13H15ClN2O3S2. The maximum absolute atomic E-state index is 12.3. The molecule has 21 heavy (non-hydrogen) atoms. The molecule has 0 saturated carbocycles. The van der Waals surface area contributed by atoms with Crippen LogP contribution in [-0.4, -0.2) is 20.5 Å². The molecule has 5 nitrogen and oxygen atoms in total. The van der Waals surface area contributed by atoms with Crippen molar-refractivity contribution in [3.63, 3.8) is 0 Å². The summed E-state index contributed by atoms with van der Waals surface area (Å²) >= 11 is 6.70. The number of rotatable bonds is 6. The van der Waals surface area contributed by atoms with Crippen molar-refractivity contribution >= 4 is 33.0 Å². The second kappa shape index (κ2) is 6.85. The molecule has 1 aromatic carbocycles. The average Bonchev–Trinajstić information content (AvgIpc) is 2.78. The van der Waals surface area contributed by atoms with Crippen LogP contribution in [-0.2, 0) is 27.9 Å². The highest BCUT2D eigenvalue weighted by molar-refractivity contribution is 7.91. The highest BCUT2D eigenvalue weighted by Crippen LogP contribution is 2.26. The number of benzene rings is 1. The Hall–Kier alpha value is -0.990. The predicted octanol–water partition coefficient (Wildman–Crippen LogP) is 2.73. The molecule has 1 heterocycles. The van der Waals surface area contributed by atoms with Crippen molar-refractivity contribution in [3.05, 3.63) is 45.6 Å². The number of sulfonamides is 1. The lowest BCUT2D eigenvalue weighted by atomic mass is 10.1. The van der Waals surface area contributed by atoms with Gasteiger partial charge in [-0.1, -0.05) is 47.2 Å². The molecule has 0 radical (unpaired) electrons. The lowest BCUT2D eigenvalue weighted by Crippen LogP contribution is -2.23. The van der Waals surface area contributed by atoms with Gasteiger partial charge in [-0.25, -0.2) is 18.1 Å². The lowest BCUT2D eigenvalue weighted by Gasteiger charge is -2.10. The van der Waals surface area contributed by atoms with Crippen molar-refractivity contribution in [2.24, 2.45) is 0 Å². The SMILES string of the molecule is COCc1ccccc1CNS(=O)(=O)c1sc(Cl)nc1C. The quantitative estimate of drug-likeness (QED) is 0.873. The first-order chi connectivity index (χ1) is 9.94. The van der Waals surface area contributed by atoms with Crippen LogP contribution < -0.4 is 4.72 Å². The van der Waals surface area contributed by atoms with Gasteiger partial charge in [0, 0.05) is 13.7 Å². The largest absolute Gasteiger partial charge is 0.380 e. The molecule has 0 aliphatic rings. The summed E-state index contributed by atoms with van der Waals surface area (Å²) in [6, 6.07) is 7.52. The van der Waals surface area contributed by atoms with E-state index >= 15 is 0 Å². The van der Waals surface area contributed by atoms with Crippen molar-refractivity contribution in [3.8, 4) is 0 Å². The molecule has 0 aliphatic carbocycles. The fourth-order valence-electron chi connectivity index (χ4n) is 1.86. The molecule has 8 heteroatoms. The first-order valence-electron chi connectivity index (χ1n) is 6.12. The van der Waals surface area contributed by atoms with Gasteiger partial charge in [0.25, 0.3) is 10.0 Å². The molecule has 2 rings (SSSR count). The topological polar surface area (TPSA) is 68.3 Å². The van der Waals surface area contributed by atoms with Crippen molar-refractivity contribution in [1.82, 2.24) is 9.71 Å². The van der Waals surface area contributed by atoms with Crippen molar-refractivity contribution < 1.29 is 13.2 Å². The molecule has 0 aliphatic heterocycles. The van der Waals surface area contributed by atoms with Gasteiger partial charge in [-0.15, -0.1) is 0 Å². The molecule has 0 amide bonds. The van der Waals surface area contributed by atoms with E-state index < -0.39 is 10.0 Å². The molecule has 0 saturated heterocycles. The Kier molecular flexibility index (Phi) is 5.34. The van der Waals surface area contributed by atoms with Crippen LogP contribution in [0.2, 0.25) is 4.47 Å². The third-order valence-corrected chi connectivity index (χ3v) is 6.12. The van der Waals surface area contributed by atoms with E-state index in [0.717, 1.165) is 22.5 Å². The lowest BCUT2D eigenvalue weighted by molar-refractivity contribution is 0.184. The zero-order valence-corrected chi connectivity index (χ0v) is 14.0. The third-order valence-electron chi connectivity index (χ3n) is 2.84. The van der Waals surface area contributed by atoms with E-state index in [0.29, 0.717) is 12.3 Å². The Bertz CT molecular complexity index is 729. The molecular weight excluding hydrogens is 332 g/mol. The maximum atomic E-state index is 12.3. The zero-order chi connectivity index (χ0) is 15.5. The fourth-order valence-corrected chi connectivity index (χ4v) is 4.65. The molecule has 1 N–H and O–H groups in total. The minimum absolute atomic E-state index is 0.150. The normalized spacial score (nSPS) is 11.8. The van der Waals surface area contributed by atoms with E-state index in [-0.39, 0.29) is 15.2 Å². The van der Waals surface area contributed by atoms with Crippen LogP contribution in [0.15, 0.2) is 28.5 Å². The number of hydrogen-bond acceptors (Lipinski definition) is 5. The van der Waals surface area contributed by atoms with Gasteiger partial charge >= 0.3 is 0 Å². The molecule has 0 unspecified atom stereocenters. The Morgan fingerprint density at radius 2 is 2.00 bits per heavy atom. The van der Waals surface area contributed by atoms with Crippen LogP contribution in [0.5, 0.6) is 0 Å². The molecule has 2 aromatic rings. The summed E-state index contributed by atoms with van der Waals surface area (Å²) in [7, 11) is -2.02. The molecule has 0 atom stereocenters. The number of halogens is 1. The minimum Gasteiger partial charge on any atom is -0.380 e. The highest BCUT2D eigenvalue weighted by atomic mass is 35.5. The van der Waals surface area contributed by atoms with Crippen LogP contribution in [0, 0.1) is 6.92 Å². The number of ether oxygens (including phenoxy) is 1. The summed E-state index contributed by atoms with van der Waals surface area (Å²) in [4.78, 5) is 3.92. The number of nitrogens with zero attached hydrogens (tertiary/aromatic N) is 1. The summed E-state index contributed by atoms with van der Waals surface area (Å²) in [5, 5.41) is 0. The second-order valence-electron chi connectivity index (χ2n) is 4.37. The van der Waals surface area contributed by atoms with Gasteiger partial charge < -0.3 is 4.74 Å². The summed E-state index contributed by atoms with van der Waals surface area (Å²) in [5.74, 6) is 0. The highest BCUT2D eigenvalue weighted by Gasteiger charge is 2.21. The van der Waals surface area contributed by atoms with Crippen LogP contribution in [0.1, 0.15) is 16.8 Å². The van der Waals surface area contributed by atoms with Crippen LogP contribution in [0.25, 0.3) is 0 Å². The Morgan fingerprint density at radius 1 is 1.33 bits per heavy atom. The van der Waals surface area contributed by atoms with Gasteiger partial charge in [0.2, 0.25) is 0 Å². The standard InChI is InChI=1S/C13H15ClN2O3S2/c1-9-12(20-13(14)16-9)21(17,18)15-7-10-5-3-4-6-11(10)8-19-2/h3-6,15H,7-8H2,1-2H3. The van der Waals surface area contributed by atoms with E-state index in [2.05, 4.69) is 9.71 Å². The van der Waals surface area contributed by atoms with E-state index in [4.69, 9.17) is 16.3 Å². The summed E-state index contributed by atoms with van der Waals surface area (Å²) in [5.41, 5.74) is 2.22. The molecule has 114 valence electrons. The third kappa shape index (κ3) is 4.02. The number of aromatic nitrogens is 1. The summed E-state index contributed by atoms with van der Waals surface area (Å²) < 4.78 is 32.6. The number of methoxy groups -OCH3 is 1.